The maximum absolute atomic E-state index is 16.0. The average Bonchev–Trinajstić information content (AvgIpc) is 3.57. The van der Waals surface area contributed by atoms with Crippen molar-refractivity contribution in [2.75, 3.05) is 5.32 Å². The molecule has 0 aromatic carbocycles. The zero-order chi connectivity index (χ0) is 26.1. The second-order valence-electron chi connectivity index (χ2n) is 8.78. The zero-order valence-corrected chi connectivity index (χ0v) is 20.4. The number of unbranched alkanes of at least 4 members (excludes halogenated alkanes) is 1. The van der Waals surface area contributed by atoms with E-state index in [1.807, 2.05) is 25.1 Å². The third-order valence-electron chi connectivity index (χ3n) is 6.20. The molecule has 0 unspecified atom stereocenters. The van der Waals surface area contributed by atoms with Gasteiger partial charge in [-0.25, -0.2) is 19.3 Å². The topological polar surface area (TPSA) is 138 Å². The van der Waals surface area contributed by atoms with Crippen LogP contribution in [-0.2, 0) is 4.79 Å². The Hall–Kier alpha value is -5.06. The number of imidazole rings is 1. The van der Waals surface area contributed by atoms with Gasteiger partial charge in [0.1, 0.15) is 17.0 Å². The minimum Gasteiger partial charge on any atom is -0.325 e. The van der Waals surface area contributed by atoms with Gasteiger partial charge in [0.2, 0.25) is 5.91 Å². The normalized spacial score (nSPS) is 11.3. The van der Waals surface area contributed by atoms with Crippen LogP contribution in [0.25, 0.3) is 56.0 Å². The molecule has 0 radical (unpaired) electrons. The van der Waals surface area contributed by atoms with Gasteiger partial charge in [0, 0.05) is 59.7 Å². The van der Waals surface area contributed by atoms with Gasteiger partial charge >= 0.3 is 0 Å². The van der Waals surface area contributed by atoms with Gasteiger partial charge in [-0.2, -0.15) is 5.10 Å². The predicted molar refractivity (Wildman–Crippen MR) is 141 cm³/mol. The van der Waals surface area contributed by atoms with Crippen molar-refractivity contribution >= 4 is 33.8 Å². The molecule has 1 amide bonds. The number of aromatic nitrogens is 8. The van der Waals surface area contributed by atoms with Crippen molar-refractivity contribution in [2.24, 2.45) is 0 Å². The SMILES string of the molecule is CCCCC(=O)Nc1cncc(-c2cnc3[nH]nc(-c4nc5c(-c6cccnc6)ccnc5[nH]4)c3c2F)c1. The van der Waals surface area contributed by atoms with Gasteiger partial charge < -0.3 is 10.3 Å². The highest BCUT2D eigenvalue weighted by molar-refractivity contribution is 5.97. The molecule has 6 aromatic heterocycles. The minimum absolute atomic E-state index is 0.110. The number of halogens is 1. The molecular weight excluding hydrogens is 485 g/mol. The number of pyridine rings is 4. The van der Waals surface area contributed by atoms with Crippen LogP contribution in [0.2, 0.25) is 0 Å². The van der Waals surface area contributed by atoms with E-state index in [1.54, 1.807) is 24.7 Å². The zero-order valence-electron chi connectivity index (χ0n) is 20.4. The average molecular weight is 508 g/mol. The van der Waals surface area contributed by atoms with Crippen LogP contribution in [0.15, 0.2) is 61.4 Å². The molecule has 0 aliphatic carbocycles. The number of carbonyl (C=O) groups excluding carboxylic acids is 1. The van der Waals surface area contributed by atoms with E-state index in [9.17, 15) is 4.79 Å². The van der Waals surface area contributed by atoms with Gasteiger partial charge in [-0.15, -0.1) is 0 Å². The first-order valence-electron chi connectivity index (χ1n) is 12.2. The summed E-state index contributed by atoms with van der Waals surface area (Å²) in [5.74, 6) is -0.292. The molecule has 11 heteroatoms. The molecule has 10 nitrogen and oxygen atoms in total. The summed E-state index contributed by atoms with van der Waals surface area (Å²) >= 11 is 0. The predicted octanol–water partition coefficient (Wildman–Crippen LogP) is 5.29. The maximum Gasteiger partial charge on any atom is 0.224 e. The summed E-state index contributed by atoms with van der Waals surface area (Å²) in [6, 6.07) is 7.31. The van der Waals surface area contributed by atoms with Crippen molar-refractivity contribution in [1.29, 1.82) is 0 Å². The lowest BCUT2D eigenvalue weighted by Gasteiger charge is -2.08. The van der Waals surface area contributed by atoms with Crippen LogP contribution in [-0.4, -0.2) is 46.0 Å². The Morgan fingerprint density at radius 2 is 1.89 bits per heavy atom. The first-order valence-corrected chi connectivity index (χ1v) is 12.2. The van der Waals surface area contributed by atoms with E-state index in [0.717, 1.165) is 24.0 Å². The molecule has 38 heavy (non-hydrogen) atoms. The molecule has 3 N–H and O–H groups in total. The van der Waals surface area contributed by atoms with E-state index in [0.29, 0.717) is 34.7 Å². The fraction of sp³-hybridized carbons (Fsp3) is 0.148. The molecule has 6 heterocycles. The van der Waals surface area contributed by atoms with Crippen LogP contribution < -0.4 is 5.32 Å². The molecule has 0 aliphatic rings. The molecule has 6 rings (SSSR count). The number of hydrogen-bond donors (Lipinski definition) is 3. The number of rotatable bonds is 7. The monoisotopic (exact) mass is 507 g/mol. The number of carbonyl (C=O) groups is 1. The van der Waals surface area contributed by atoms with Crippen LogP contribution in [0.4, 0.5) is 10.1 Å². The third-order valence-corrected chi connectivity index (χ3v) is 6.20. The van der Waals surface area contributed by atoms with Crippen LogP contribution in [0.1, 0.15) is 26.2 Å². The van der Waals surface area contributed by atoms with Crippen molar-refractivity contribution in [1.82, 2.24) is 40.1 Å². The number of nitrogens with zero attached hydrogens (tertiary/aromatic N) is 6. The number of hydrogen-bond acceptors (Lipinski definition) is 7. The summed E-state index contributed by atoms with van der Waals surface area (Å²) in [6.45, 7) is 2.02. The standard InChI is InChI=1S/C27H22FN9O/c1-2-3-6-20(38)33-17-10-16(12-30-13-17)19-14-32-25-21(22(19)28)24(36-37-25)27-34-23-18(7-9-31-26(23)35-27)15-5-4-8-29-11-15/h4-5,7-14H,2-3,6H2,1H3,(H,33,38)(H,31,34,35)(H,32,36,37). The summed E-state index contributed by atoms with van der Waals surface area (Å²) in [5.41, 5.74) is 4.62. The molecule has 0 fully saturated rings. The summed E-state index contributed by atoms with van der Waals surface area (Å²) < 4.78 is 16.0. The summed E-state index contributed by atoms with van der Waals surface area (Å²) in [4.78, 5) is 37.2. The summed E-state index contributed by atoms with van der Waals surface area (Å²) in [6.07, 6.45) is 11.7. The first kappa shape index (κ1) is 23.3. The largest absolute Gasteiger partial charge is 0.325 e. The fourth-order valence-electron chi connectivity index (χ4n) is 4.32. The second-order valence-corrected chi connectivity index (χ2v) is 8.78. The molecule has 0 spiro atoms. The van der Waals surface area contributed by atoms with Crippen molar-refractivity contribution < 1.29 is 9.18 Å². The Balaban J connectivity index is 1.41. The number of aromatic amines is 2. The van der Waals surface area contributed by atoms with Crippen LogP contribution >= 0.6 is 0 Å². The molecule has 188 valence electrons. The molecule has 0 atom stereocenters. The molecule has 0 bridgehead atoms. The van der Waals surface area contributed by atoms with E-state index in [2.05, 4.69) is 40.4 Å². The van der Waals surface area contributed by atoms with Crippen molar-refractivity contribution in [2.45, 2.75) is 26.2 Å². The van der Waals surface area contributed by atoms with E-state index in [-0.39, 0.29) is 28.2 Å². The lowest BCUT2D eigenvalue weighted by Crippen LogP contribution is -2.11. The molecule has 0 saturated carbocycles. The highest BCUT2D eigenvalue weighted by atomic mass is 19.1. The van der Waals surface area contributed by atoms with Crippen LogP contribution in [0, 0.1) is 5.82 Å². The lowest BCUT2D eigenvalue weighted by molar-refractivity contribution is -0.116. The first-order chi connectivity index (χ1) is 18.6. The number of H-pyrrole nitrogens is 2. The maximum atomic E-state index is 16.0. The van der Waals surface area contributed by atoms with E-state index in [1.165, 1.54) is 18.6 Å². The van der Waals surface area contributed by atoms with Crippen molar-refractivity contribution in [3.8, 4) is 33.8 Å². The minimum atomic E-state index is -0.532. The Bertz CT molecular complexity index is 1780. The third kappa shape index (κ3) is 4.23. The van der Waals surface area contributed by atoms with E-state index >= 15 is 4.39 Å². The van der Waals surface area contributed by atoms with Crippen molar-refractivity contribution in [3.63, 3.8) is 0 Å². The number of amides is 1. The van der Waals surface area contributed by atoms with E-state index < -0.39 is 5.82 Å². The Morgan fingerprint density at radius 1 is 1.00 bits per heavy atom. The number of anilines is 1. The number of nitrogens with one attached hydrogen (secondary N) is 3. The number of fused-ring (bicyclic) bond motifs is 2. The van der Waals surface area contributed by atoms with Gasteiger partial charge in [0.05, 0.1) is 17.3 Å². The quantitative estimate of drug-likeness (QED) is 0.267. The van der Waals surface area contributed by atoms with Crippen molar-refractivity contribution in [3.05, 3.63) is 67.3 Å². The summed E-state index contributed by atoms with van der Waals surface area (Å²) in [7, 11) is 0. The smallest absolute Gasteiger partial charge is 0.224 e. The van der Waals surface area contributed by atoms with Crippen LogP contribution in [0.3, 0.4) is 0 Å². The van der Waals surface area contributed by atoms with Gasteiger partial charge in [-0.05, 0) is 24.6 Å². The lowest BCUT2D eigenvalue weighted by atomic mass is 10.1. The van der Waals surface area contributed by atoms with Gasteiger partial charge in [-0.3, -0.25) is 19.9 Å². The molecule has 0 aliphatic heterocycles. The summed E-state index contributed by atoms with van der Waals surface area (Å²) in [5, 5.41) is 10.1. The highest BCUT2D eigenvalue weighted by Gasteiger charge is 2.21. The second kappa shape index (κ2) is 9.77. The Labute approximate surface area is 215 Å². The van der Waals surface area contributed by atoms with Crippen LogP contribution in [0.5, 0.6) is 0 Å². The highest BCUT2D eigenvalue weighted by Crippen LogP contribution is 2.34. The molecular formula is C27H22FN9O. The Morgan fingerprint density at radius 3 is 2.74 bits per heavy atom. The molecule has 0 saturated heterocycles. The van der Waals surface area contributed by atoms with E-state index in [4.69, 9.17) is 4.98 Å². The van der Waals surface area contributed by atoms with Gasteiger partial charge in [-0.1, -0.05) is 19.4 Å². The fourth-order valence-corrected chi connectivity index (χ4v) is 4.32. The molecule has 6 aromatic rings. The van der Waals surface area contributed by atoms with Gasteiger partial charge in [0.15, 0.2) is 17.1 Å². The van der Waals surface area contributed by atoms with Gasteiger partial charge in [0.25, 0.3) is 0 Å². The Kier molecular flexibility index (Phi) is 6.00.